The van der Waals surface area contributed by atoms with Gasteiger partial charge in [-0.3, -0.25) is 4.79 Å². The van der Waals surface area contributed by atoms with Crippen molar-refractivity contribution in [2.45, 2.75) is 25.3 Å². The highest BCUT2D eigenvalue weighted by molar-refractivity contribution is 5.85. The van der Waals surface area contributed by atoms with E-state index >= 15 is 0 Å². The third-order valence-corrected chi connectivity index (χ3v) is 3.10. The topological polar surface area (TPSA) is 41.1 Å². The molecule has 19 heavy (non-hydrogen) atoms. The Kier molecular flexibility index (Phi) is 6.18. The van der Waals surface area contributed by atoms with Crippen LogP contribution in [-0.2, 0) is 11.2 Å². The van der Waals surface area contributed by atoms with E-state index in [9.17, 15) is 13.6 Å². The fraction of sp³-hybridized carbons (Fsp3) is 0.462. The maximum absolute atomic E-state index is 13.4. The smallest absolute Gasteiger partial charge is 0.224 e. The van der Waals surface area contributed by atoms with Gasteiger partial charge in [0.25, 0.3) is 0 Å². The summed E-state index contributed by atoms with van der Waals surface area (Å²) in [5.41, 5.74) is -0.163. The molecule has 1 aromatic carbocycles. The van der Waals surface area contributed by atoms with Gasteiger partial charge in [0.05, 0.1) is 6.42 Å². The normalized spacial score (nSPS) is 15.7. The van der Waals surface area contributed by atoms with Crippen LogP contribution in [0.3, 0.4) is 0 Å². The molecule has 1 aliphatic rings. The second-order valence-corrected chi connectivity index (χ2v) is 4.47. The van der Waals surface area contributed by atoms with Crippen LogP contribution in [0.25, 0.3) is 0 Å². The second kappa shape index (κ2) is 7.40. The molecule has 0 unspecified atom stereocenters. The number of hydrogen-bond donors (Lipinski definition) is 2. The molecule has 0 atom stereocenters. The van der Waals surface area contributed by atoms with Crippen molar-refractivity contribution in [1.29, 1.82) is 0 Å². The van der Waals surface area contributed by atoms with Crippen molar-refractivity contribution in [1.82, 2.24) is 10.6 Å². The molecule has 0 radical (unpaired) electrons. The molecular weight excluding hydrogens is 274 g/mol. The van der Waals surface area contributed by atoms with Gasteiger partial charge in [-0.2, -0.15) is 0 Å². The lowest BCUT2D eigenvalue weighted by molar-refractivity contribution is -0.121. The molecule has 3 nitrogen and oxygen atoms in total. The standard InChI is InChI=1S/C13H16F2N2O.ClH/c14-11-2-1-3-12(15)10(11)8-13(18)17-9-4-6-16-7-5-9;/h1-3,9,16H,4-8H2,(H,17,18);1H. The number of carbonyl (C=O) groups excluding carboxylic acids is 1. The van der Waals surface area contributed by atoms with Crippen molar-refractivity contribution in [2.75, 3.05) is 13.1 Å². The summed E-state index contributed by atoms with van der Waals surface area (Å²) in [5, 5.41) is 5.99. The first kappa shape index (κ1) is 15.9. The Balaban J connectivity index is 0.00000180. The first-order chi connectivity index (χ1) is 8.66. The highest BCUT2D eigenvalue weighted by Crippen LogP contribution is 2.13. The van der Waals surface area contributed by atoms with Gasteiger partial charge in [-0.15, -0.1) is 12.4 Å². The van der Waals surface area contributed by atoms with Crippen molar-refractivity contribution < 1.29 is 13.6 Å². The number of nitrogens with one attached hydrogen (secondary N) is 2. The zero-order chi connectivity index (χ0) is 13.0. The molecule has 106 valence electrons. The van der Waals surface area contributed by atoms with Crippen molar-refractivity contribution in [2.24, 2.45) is 0 Å². The van der Waals surface area contributed by atoms with Crippen molar-refractivity contribution in [3.8, 4) is 0 Å². The molecule has 2 N–H and O–H groups in total. The van der Waals surface area contributed by atoms with Gasteiger partial charge in [0.1, 0.15) is 11.6 Å². The highest BCUT2D eigenvalue weighted by Gasteiger charge is 2.18. The average Bonchev–Trinajstić information content (AvgIpc) is 2.35. The number of halogens is 3. The van der Waals surface area contributed by atoms with Gasteiger partial charge in [0.15, 0.2) is 0 Å². The number of piperidine rings is 1. The molecule has 0 spiro atoms. The minimum Gasteiger partial charge on any atom is -0.353 e. The zero-order valence-electron chi connectivity index (χ0n) is 10.4. The number of hydrogen-bond acceptors (Lipinski definition) is 2. The molecular formula is C13H17ClF2N2O. The Labute approximate surface area is 117 Å². The summed E-state index contributed by atoms with van der Waals surface area (Å²) >= 11 is 0. The predicted molar refractivity (Wildman–Crippen MR) is 71.3 cm³/mol. The van der Waals surface area contributed by atoms with Crippen molar-refractivity contribution in [3.63, 3.8) is 0 Å². The van der Waals surface area contributed by atoms with Crippen LogP contribution >= 0.6 is 12.4 Å². The largest absolute Gasteiger partial charge is 0.353 e. The molecule has 6 heteroatoms. The number of rotatable bonds is 3. The van der Waals surface area contributed by atoms with Crippen LogP contribution in [0.15, 0.2) is 18.2 Å². The summed E-state index contributed by atoms with van der Waals surface area (Å²) in [6.45, 7) is 1.72. The van der Waals surface area contributed by atoms with E-state index in [1.54, 1.807) is 0 Å². The Morgan fingerprint density at radius 1 is 1.26 bits per heavy atom. The second-order valence-electron chi connectivity index (χ2n) is 4.47. The molecule has 0 aromatic heterocycles. The molecule has 1 amide bonds. The first-order valence-corrected chi connectivity index (χ1v) is 6.10. The minimum atomic E-state index is -0.671. The quantitative estimate of drug-likeness (QED) is 0.891. The van der Waals surface area contributed by atoms with E-state index in [-0.39, 0.29) is 36.3 Å². The fourth-order valence-corrected chi connectivity index (χ4v) is 2.11. The molecule has 1 fully saturated rings. The van der Waals surface area contributed by atoms with Crippen LogP contribution in [-0.4, -0.2) is 25.0 Å². The fourth-order valence-electron chi connectivity index (χ4n) is 2.11. The van der Waals surface area contributed by atoms with Crippen LogP contribution in [0.5, 0.6) is 0 Å². The van der Waals surface area contributed by atoms with Gasteiger partial charge < -0.3 is 10.6 Å². The van der Waals surface area contributed by atoms with Gasteiger partial charge in [-0.05, 0) is 38.1 Å². The summed E-state index contributed by atoms with van der Waals surface area (Å²) < 4.78 is 26.7. The molecule has 0 bridgehead atoms. The molecule has 0 aliphatic carbocycles. The molecule has 2 rings (SSSR count). The Morgan fingerprint density at radius 3 is 2.42 bits per heavy atom. The minimum absolute atomic E-state index is 0. The van der Waals surface area contributed by atoms with Crippen LogP contribution in [0, 0.1) is 11.6 Å². The van der Waals surface area contributed by atoms with E-state index < -0.39 is 11.6 Å². The van der Waals surface area contributed by atoms with Crippen LogP contribution < -0.4 is 10.6 Å². The van der Waals surface area contributed by atoms with Crippen LogP contribution in [0.1, 0.15) is 18.4 Å². The van der Waals surface area contributed by atoms with Gasteiger partial charge in [0.2, 0.25) is 5.91 Å². The number of carbonyl (C=O) groups is 1. The van der Waals surface area contributed by atoms with Crippen molar-refractivity contribution >= 4 is 18.3 Å². The Bertz CT molecular complexity index is 416. The van der Waals surface area contributed by atoms with E-state index in [1.165, 1.54) is 6.07 Å². The molecule has 1 saturated heterocycles. The third kappa shape index (κ3) is 4.44. The van der Waals surface area contributed by atoms with Crippen molar-refractivity contribution in [3.05, 3.63) is 35.4 Å². The maximum Gasteiger partial charge on any atom is 0.224 e. The van der Waals surface area contributed by atoms with Gasteiger partial charge in [0, 0.05) is 11.6 Å². The summed E-state index contributed by atoms with van der Waals surface area (Å²) in [7, 11) is 0. The first-order valence-electron chi connectivity index (χ1n) is 6.10. The maximum atomic E-state index is 13.4. The monoisotopic (exact) mass is 290 g/mol. The van der Waals surface area contributed by atoms with E-state index in [0.29, 0.717) is 0 Å². The molecule has 1 heterocycles. The van der Waals surface area contributed by atoms with Gasteiger partial charge >= 0.3 is 0 Å². The van der Waals surface area contributed by atoms with Crippen LogP contribution in [0.4, 0.5) is 8.78 Å². The van der Waals surface area contributed by atoms with E-state index in [2.05, 4.69) is 10.6 Å². The summed E-state index contributed by atoms with van der Waals surface area (Å²) in [6, 6.07) is 3.72. The average molecular weight is 291 g/mol. The zero-order valence-corrected chi connectivity index (χ0v) is 11.2. The lowest BCUT2D eigenvalue weighted by Crippen LogP contribution is -2.43. The predicted octanol–water partition coefficient (Wildman–Crippen LogP) is 1.80. The third-order valence-electron chi connectivity index (χ3n) is 3.10. The van der Waals surface area contributed by atoms with Gasteiger partial charge in [-0.25, -0.2) is 8.78 Å². The molecule has 1 aliphatic heterocycles. The molecule has 0 saturated carbocycles. The summed E-state index contributed by atoms with van der Waals surface area (Å²) in [5.74, 6) is -1.67. The van der Waals surface area contributed by atoms with E-state index in [0.717, 1.165) is 38.1 Å². The van der Waals surface area contributed by atoms with E-state index in [4.69, 9.17) is 0 Å². The van der Waals surface area contributed by atoms with Gasteiger partial charge in [-0.1, -0.05) is 6.07 Å². The Morgan fingerprint density at radius 2 is 1.84 bits per heavy atom. The number of amides is 1. The lowest BCUT2D eigenvalue weighted by Gasteiger charge is -2.23. The highest BCUT2D eigenvalue weighted by atomic mass is 35.5. The Hall–Kier alpha value is -1.20. The summed E-state index contributed by atoms with van der Waals surface area (Å²) in [4.78, 5) is 11.7. The van der Waals surface area contributed by atoms with Crippen LogP contribution in [0.2, 0.25) is 0 Å². The SMILES string of the molecule is Cl.O=C(Cc1c(F)cccc1F)NC1CCNCC1. The number of benzene rings is 1. The van der Waals surface area contributed by atoms with E-state index in [1.807, 2.05) is 0 Å². The molecule has 1 aromatic rings. The summed E-state index contributed by atoms with van der Waals surface area (Å²) in [6.07, 6.45) is 1.46. The lowest BCUT2D eigenvalue weighted by atomic mass is 10.1.